The average molecular weight is 339 g/mol. The van der Waals surface area contributed by atoms with Gasteiger partial charge in [0.15, 0.2) is 0 Å². The highest BCUT2D eigenvalue weighted by Gasteiger charge is 2.64. The lowest BCUT2D eigenvalue weighted by Gasteiger charge is -2.43. The van der Waals surface area contributed by atoms with Gasteiger partial charge < -0.3 is 19.8 Å². The number of nitrogens with one attached hydrogen (secondary N) is 1. The van der Waals surface area contributed by atoms with E-state index in [1.54, 1.807) is 26.8 Å². The van der Waals surface area contributed by atoms with Crippen LogP contribution < -0.4 is 5.32 Å². The Labute approximate surface area is 136 Å². The van der Waals surface area contributed by atoms with E-state index in [1.807, 2.05) is 0 Å². The van der Waals surface area contributed by atoms with Crippen molar-refractivity contribution < 1.29 is 24.0 Å². The quantitative estimate of drug-likeness (QED) is 0.751. The Bertz CT molecular complexity index is 686. The lowest BCUT2D eigenvalue weighted by molar-refractivity contribution is -0.161. The molecule has 9 heteroatoms. The molecule has 2 saturated heterocycles. The smallest absolute Gasteiger partial charge is 0.327 e. The Balaban J connectivity index is 1.66. The number of fused-ring (bicyclic) bond motifs is 1. The fourth-order valence-electron chi connectivity index (χ4n) is 3.03. The van der Waals surface area contributed by atoms with Gasteiger partial charge in [0.05, 0.1) is 12.1 Å². The second-order valence-electron chi connectivity index (χ2n) is 6.25. The van der Waals surface area contributed by atoms with Crippen molar-refractivity contribution in [2.45, 2.75) is 49.4 Å². The van der Waals surface area contributed by atoms with Crippen LogP contribution in [0.1, 0.15) is 25.3 Å². The van der Waals surface area contributed by atoms with Crippen LogP contribution in [-0.2, 0) is 20.8 Å². The molecule has 2 aliphatic heterocycles. The number of carboxylic acid groups (broad SMARTS) is 1. The van der Waals surface area contributed by atoms with Crippen LogP contribution in [0.5, 0.6) is 0 Å². The fraction of sp³-hybridized carbons (Fsp3) is 0.571. The van der Waals surface area contributed by atoms with Crippen LogP contribution in [0.3, 0.4) is 0 Å². The van der Waals surface area contributed by atoms with Gasteiger partial charge in [0, 0.05) is 10.8 Å². The van der Waals surface area contributed by atoms with Crippen LogP contribution in [0, 0.1) is 6.92 Å². The van der Waals surface area contributed by atoms with Crippen molar-refractivity contribution in [2.24, 2.45) is 0 Å². The van der Waals surface area contributed by atoms with Crippen LogP contribution in [0.2, 0.25) is 0 Å². The summed E-state index contributed by atoms with van der Waals surface area (Å²) < 4.78 is 4.37. The number of amides is 2. The lowest BCUT2D eigenvalue weighted by atomic mass is 9.96. The maximum Gasteiger partial charge on any atom is 0.327 e. The molecule has 8 nitrogen and oxygen atoms in total. The van der Waals surface area contributed by atoms with Crippen molar-refractivity contribution >= 4 is 29.5 Å². The highest BCUT2D eigenvalue weighted by atomic mass is 32.2. The molecule has 3 heterocycles. The molecule has 23 heavy (non-hydrogen) atoms. The van der Waals surface area contributed by atoms with Gasteiger partial charge in [-0.25, -0.2) is 4.79 Å². The van der Waals surface area contributed by atoms with E-state index in [1.165, 1.54) is 16.7 Å². The topological polar surface area (TPSA) is 113 Å². The second kappa shape index (κ2) is 5.26. The zero-order chi connectivity index (χ0) is 16.9. The third kappa shape index (κ3) is 2.58. The molecule has 1 aromatic heterocycles. The van der Waals surface area contributed by atoms with Crippen molar-refractivity contribution in [3.63, 3.8) is 0 Å². The summed E-state index contributed by atoms with van der Waals surface area (Å²) in [5.41, 5.74) is 0.677. The lowest BCUT2D eigenvalue weighted by Crippen LogP contribution is -2.70. The molecule has 0 bridgehead atoms. The van der Waals surface area contributed by atoms with Crippen LogP contribution >= 0.6 is 11.8 Å². The number of aryl methyl sites for hydroxylation is 1. The molecular formula is C14H17N3O5S. The molecule has 2 fully saturated rings. The first kappa shape index (κ1) is 15.9. The molecule has 2 amide bonds. The molecule has 3 atom stereocenters. The number of hydrogen-bond acceptors (Lipinski definition) is 6. The molecule has 3 unspecified atom stereocenters. The molecule has 0 aliphatic carbocycles. The molecule has 0 saturated carbocycles. The predicted molar refractivity (Wildman–Crippen MR) is 80.6 cm³/mol. The van der Waals surface area contributed by atoms with Gasteiger partial charge in [0.2, 0.25) is 11.8 Å². The van der Waals surface area contributed by atoms with Gasteiger partial charge in [-0.15, -0.1) is 11.8 Å². The Morgan fingerprint density at radius 1 is 1.52 bits per heavy atom. The number of aliphatic carboxylic acids is 1. The van der Waals surface area contributed by atoms with Gasteiger partial charge in [-0.1, -0.05) is 5.16 Å². The Morgan fingerprint density at radius 2 is 2.22 bits per heavy atom. The number of aromatic nitrogens is 1. The summed E-state index contributed by atoms with van der Waals surface area (Å²) in [6.07, 6.45) is -0.00619. The van der Waals surface area contributed by atoms with E-state index < -0.39 is 22.8 Å². The van der Waals surface area contributed by atoms with Gasteiger partial charge in [-0.3, -0.25) is 9.59 Å². The minimum absolute atomic E-state index is 0.00619. The van der Waals surface area contributed by atoms with Crippen molar-refractivity contribution in [1.82, 2.24) is 15.4 Å². The summed E-state index contributed by atoms with van der Waals surface area (Å²) in [5.74, 6) is -1.31. The number of carbonyl (C=O) groups excluding carboxylic acids is 2. The van der Waals surface area contributed by atoms with E-state index in [-0.39, 0.29) is 23.6 Å². The highest BCUT2D eigenvalue weighted by molar-refractivity contribution is 8.01. The summed E-state index contributed by atoms with van der Waals surface area (Å²) in [4.78, 5) is 37.0. The number of thioether (sulfide) groups is 1. The number of carboxylic acids is 1. The van der Waals surface area contributed by atoms with Crippen molar-refractivity contribution in [3.05, 3.63) is 17.5 Å². The molecule has 2 aliphatic rings. The van der Waals surface area contributed by atoms with Crippen LogP contribution in [0.15, 0.2) is 10.6 Å². The molecule has 0 aromatic carbocycles. The maximum absolute atomic E-state index is 12.2. The number of rotatable bonds is 4. The van der Waals surface area contributed by atoms with E-state index in [4.69, 9.17) is 4.52 Å². The standard InChI is InChI=1S/C14H17N3O5S/c1-6-4-7(22-16-6)5-8(18)15-9-11(19)17-10(13(20)21)14(2,3)23-12(9)17/h4,9-10,12H,5H2,1-3H3,(H,15,18)(H,20,21). The van der Waals surface area contributed by atoms with E-state index in [9.17, 15) is 19.5 Å². The van der Waals surface area contributed by atoms with Gasteiger partial charge >= 0.3 is 5.97 Å². The Hall–Kier alpha value is -2.03. The van der Waals surface area contributed by atoms with Crippen LogP contribution in [-0.4, -0.2) is 55.2 Å². The normalized spacial score (nSPS) is 28.2. The zero-order valence-corrected chi connectivity index (χ0v) is 13.7. The summed E-state index contributed by atoms with van der Waals surface area (Å²) in [6, 6.07) is 0.0813. The summed E-state index contributed by atoms with van der Waals surface area (Å²) in [6.45, 7) is 5.33. The number of hydrogen-bond donors (Lipinski definition) is 2. The molecule has 0 spiro atoms. The molecule has 124 valence electrons. The molecular weight excluding hydrogens is 322 g/mol. The van der Waals surface area contributed by atoms with Crippen LogP contribution in [0.4, 0.5) is 0 Å². The van der Waals surface area contributed by atoms with E-state index in [2.05, 4.69) is 10.5 Å². The van der Waals surface area contributed by atoms with Gasteiger partial charge in [-0.05, 0) is 20.8 Å². The first-order valence-electron chi connectivity index (χ1n) is 7.15. The van der Waals surface area contributed by atoms with Crippen LogP contribution in [0.25, 0.3) is 0 Å². The summed E-state index contributed by atoms with van der Waals surface area (Å²) in [5, 5.41) is 15.4. The second-order valence-corrected chi connectivity index (χ2v) is 8.03. The Morgan fingerprint density at radius 3 is 2.78 bits per heavy atom. The minimum atomic E-state index is -1.03. The van der Waals surface area contributed by atoms with E-state index in [0.717, 1.165) is 0 Å². The monoisotopic (exact) mass is 339 g/mol. The third-order valence-corrected chi connectivity index (χ3v) is 5.57. The first-order valence-corrected chi connectivity index (χ1v) is 8.03. The predicted octanol–water partition coefficient (Wildman–Crippen LogP) is 0.157. The van der Waals surface area contributed by atoms with Gasteiger partial charge in [0.1, 0.15) is 23.2 Å². The first-order chi connectivity index (χ1) is 10.7. The molecule has 1 aromatic rings. The number of β-lactam (4-membered cyclic amide) rings is 1. The van der Waals surface area contributed by atoms with Crippen molar-refractivity contribution in [3.8, 4) is 0 Å². The summed E-state index contributed by atoms with van der Waals surface area (Å²) in [7, 11) is 0. The van der Waals surface area contributed by atoms with Gasteiger partial charge in [-0.2, -0.15) is 0 Å². The van der Waals surface area contributed by atoms with E-state index in [0.29, 0.717) is 11.5 Å². The number of carbonyl (C=O) groups is 3. The highest BCUT2D eigenvalue weighted by Crippen LogP contribution is 2.50. The molecule has 2 N–H and O–H groups in total. The summed E-state index contributed by atoms with van der Waals surface area (Å²) >= 11 is 1.39. The van der Waals surface area contributed by atoms with Crippen molar-refractivity contribution in [2.75, 3.05) is 0 Å². The maximum atomic E-state index is 12.2. The zero-order valence-electron chi connectivity index (χ0n) is 12.9. The van der Waals surface area contributed by atoms with Gasteiger partial charge in [0.25, 0.3) is 0 Å². The van der Waals surface area contributed by atoms with Crippen molar-refractivity contribution in [1.29, 1.82) is 0 Å². The average Bonchev–Trinajstić information content (AvgIpc) is 2.95. The SMILES string of the molecule is Cc1cc(CC(=O)NC2C(=O)N3C2SC(C)(C)C3C(=O)O)on1. The molecule has 0 radical (unpaired) electrons. The van der Waals surface area contributed by atoms with E-state index >= 15 is 0 Å². The third-order valence-electron chi connectivity index (χ3n) is 4.00. The largest absolute Gasteiger partial charge is 0.480 e. The minimum Gasteiger partial charge on any atom is -0.480 e. The Kier molecular flexibility index (Phi) is 3.62. The number of nitrogens with zero attached hydrogens (tertiary/aromatic N) is 2. The fourth-order valence-corrected chi connectivity index (χ4v) is 4.65. The molecule has 3 rings (SSSR count).